The summed E-state index contributed by atoms with van der Waals surface area (Å²) in [5.41, 5.74) is 1.78. The van der Waals surface area contributed by atoms with Crippen molar-refractivity contribution in [1.29, 1.82) is 0 Å². The molecule has 2 aromatic rings. The maximum Gasteiger partial charge on any atom is 0.363 e. The van der Waals surface area contributed by atoms with Crippen molar-refractivity contribution in [3.05, 3.63) is 58.3 Å². The summed E-state index contributed by atoms with van der Waals surface area (Å²) in [6, 6.07) is 10.7. The third-order valence-corrected chi connectivity index (χ3v) is 2.57. The SMILES string of the molecule is COc1cccc(CNc2ccc([N+](=O)[O-])nc2)c1. The molecule has 0 radical (unpaired) electrons. The molecule has 0 bridgehead atoms. The molecule has 2 rings (SSSR count). The lowest BCUT2D eigenvalue weighted by Gasteiger charge is -2.06. The van der Waals surface area contributed by atoms with E-state index in [4.69, 9.17) is 4.74 Å². The lowest BCUT2D eigenvalue weighted by Crippen LogP contribution is -2.00. The number of nitrogens with one attached hydrogen (secondary N) is 1. The van der Waals surface area contributed by atoms with E-state index >= 15 is 0 Å². The first kappa shape index (κ1) is 12.8. The molecular weight excluding hydrogens is 246 g/mol. The third kappa shape index (κ3) is 3.41. The van der Waals surface area contributed by atoms with Gasteiger partial charge in [-0.05, 0) is 33.7 Å². The van der Waals surface area contributed by atoms with E-state index in [1.807, 2.05) is 24.3 Å². The second-order valence-electron chi connectivity index (χ2n) is 3.87. The van der Waals surface area contributed by atoms with E-state index in [1.165, 1.54) is 12.3 Å². The van der Waals surface area contributed by atoms with Gasteiger partial charge in [-0.2, -0.15) is 0 Å². The number of hydrogen-bond acceptors (Lipinski definition) is 5. The van der Waals surface area contributed by atoms with E-state index in [-0.39, 0.29) is 5.82 Å². The molecule has 6 heteroatoms. The number of rotatable bonds is 5. The van der Waals surface area contributed by atoms with Crippen LogP contribution in [0.25, 0.3) is 0 Å². The van der Waals surface area contributed by atoms with Crippen molar-refractivity contribution in [3.63, 3.8) is 0 Å². The second-order valence-corrected chi connectivity index (χ2v) is 3.87. The Kier molecular flexibility index (Phi) is 3.92. The Labute approximate surface area is 110 Å². The topological polar surface area (TPSA) is 77.3 Å². The normalized spacial score (nSPS) is 9.95. The van der Waals surface area contributed by atoms with Crippen LogP contribution in [0.5, 0.6) is 5.75 Å². The Morgan fingerprint density at radius 1 is 1.37 bits per heavy atom. The van der Waals surface area contributed by atoms with Crippen LogP contribution in [0.1, 0.15) is 5.56 Å². The molecule has 0 aliphatic carbocycles. The number of nitro groups is 1. The van der Waals surface area contributed by atoms with Crippen molar-refractivity contribution in [2.45, 2.75) is 6.54 Å². The molecule has 0 saturated heterocycles. The number of ether oxygens (including phenoxy) is 1. The molecule has 0 unspecified atom stereocenters. The van der Waals surface area contributed by atoms with Gasteiger partial charge in [0.25, 0.3) is 0 Å². The fourth-order valence-corrected chi connectivity index (χ4v) is 1.59. The number of aromatic nitrogens is 1. The van der Waals surface area contributed by atoms with E-state index < -0.39 is 4.92 Å². The Bertz CT molecular complexity index is 570. The largest absolute Gasteiger partial charge is 0.497 e. The summed E-state index contributed by atoms with van der Waals surface area (Å²) in [4.78, 5) is 13.7. The maximum absolute atomic E-state index is 10.5. The Morgan fingerprint density at radius 2 is 2.21 bits per heavy atom. The van der Waals surface area contributed by atoms with Gasteiger partial charge in [0, 0.05) is 12.6 Å². The van der Waals surface area contributed by atoms with Crippen LogP contribution in [-0.4, -0.2) is 17.0 Å². The average Bonchev–Trinajstić information content (AvgIpc) is 2.46. The Balaban J connectivity index is 1.99. The fraction of sp³-hybridized carbons (Fsp3) is 0.154. The molecule has 19 heavy (non-hydrogen) atoms. The summed E-state index contributed by atoms with van der Waals surface area (Å²) in [5, 5.41) is 13.6. The van der Waals surface area contributed by atoms with Crippen molar-refractivity contribution in [1.82, 2.24) is 4.98 Å². The standard InChI is InChI=1S/C13H13N3O3/c1-19-12-4-2-3-10(7-12)8-14-11-5-6-13(15-9-11)16(17)18/h2-7,9,14H,8H2,1H3. The van der Waals surface area contributed by atoms with E-state index in [0.717, 1.165) is 17.0 Å². The molecule has 1 aromatic heterocycles. The zero-order chi connectivity index (χ0) is 13.7. The van der Waals surface area contributed by atoms with Gasteiger partial charge in [-0.25, -0.2) is 0 Å². The van der Waals surface area contributed by atoms with Gasteiger partial charge in [-0.15, -0.1) is 0 Å². The first-order valence-electron chi connectivity index (χ1n) is 5.66. The second kappa shape index (κ2) is 5.81. The summed E-state index contributed by atoms with van der Waals surface area (Å²) in [6.07, 6.45) is 1.44. The van der Waals surface area contributed by atoms with E-state index in [9.17, 15) is 10.1 Å². The number of pyridine rings is 1. The zero-order valence-corrected chi connectivity index (χ0v) is 10.4. The van der Waals surface area contributed by atoms with Gasteiger partial charge in [-0.1, -0.05) is 12.1 Å². The van der Waals surface area contributed by atoms with Gasteiger partial charge in [0.15, 0.2) is 6.20 Å². The van der Waals surface area contributed by atoms with E-state index in [1.54, 1.807) is 13.2 Å². The number of benzene rings is 1. The molecule has 1 N–H and O–H groups in total. The number of anilines is 1. The first-order valence-corrected chi connectivity index (χ1v) is 5.66. The molecule has 0 spiro atoms. The highest BCUT2D eigenvalue weighted by molar-refractivity contribution is 5.44. The molecule has 0 saturated carbocycles. The number of methoxy groups -OCH3 is 1. The summed E-state index contributed by atoms with van der Waals surface area (Å²) >= 11 is 0. The van der Waals surface area contributed by atoms with Crippen LogP contribution < -0.4 is 10.1 Å². The minimum Gasteiger partial charge on any atom is -0.497 e. The molecule has 0 fully saturated rings. The molecule has 0 atom stereocenters. The lowest BCUT2D eigenvalue weighted by molar-refractivity contribution is -0.389. The summed E-state index contributed by atoms with van der Waals surface area (Å²) in [5.74, 6) is 0.632. The predicted octanol–water partition coefficient (Wildman–Crippen LogP) is 2.61. The van der Waals surface area contributed by atoms with Gasteiger partial charge in [-0.3, -0.25) is 0 Å². The molecule has 0 amide bonds. The van der Waals surface area contributed by atoms with Crippen LogP contribution in [0.3, 0.4) is 0 Å². The molecular formula is C13H13N3O3. The van der Waals surface area contributed by atoms with Gasteiger partial charge < -0.3 is 20.2 Å². The average molecular weight is 259 g/mol. The molecule has 1 heterocycles. The number of hydrogen-bond donors (Lipinski definition) is 1. The van der Waals surface area contributed by atoms with Gasteiger partial charge in [0.05, 0.1) is 12.8 Å². The number of nitrogens with zero attached hydrogens (tertiary/aromatic N) is 2. The van der Waals surface area contributed by atoms with Crippen LogP contribution in [0.15, 0.2) is 42.6 Å². The predicted molar refractivity (Wildman–Crippen MR) is 71.2 cm³/mol. The van der Waals surface area contributed by atoms with E-state index in [2.05, 4.69) is 10.3 Å². The summed E-state index contributed by atoms with van der Waals surface area (Å²) < 4.78 is 5.13. The molecule has 1 aromatic carbocycles. The van der Waals surface area contributed by atoms with Crippen molar-refractivity contribution in [2.75, 3.05) is 12.4 Å². The van der Waals surface area contributed by atoms with Crippen molar-refractivity contribution in [3.8, 4) is 5.75 Å². The Morgan fingerprint density at radius 3 is 2.84 bits per heavy atom. The molecule has 6 nitrogen and oxygen atoms in total. The highest BCUT2D eigenvalue weighted by Crippen LogP contribution is 2.15. The van der Waals surface area contributed by atoms with Crippen LogP contribution in [-0.2, 0) is 6.54 Å². The van der Waals surface area contributed by atoms with Gasteiger partial charge in [0.2, 0.25) is 0 Å². The monoisotopic (exact) mass is 259 g/mol. The maximum atomic E-state index is 10.5. The van der Waals surface area contributed by atoms with Crippen LogP contribution in [0, 0.1) is 10.1 Å². The minimum atomic E-state index is -0.522. The zero-order valence-electron chi connectivity index (χ0n) is 10.4. The van der Waals surface area contributed by atoms with Gasteiger partial charge in [0.1, 0.15) is 5.75 Å². The van der Waals surface area contributed by atoms with Crippen LogP contribution >= 0.6 is 0 Å². The summed E-state index contributed by atoms with van der Waals surface area (Å²) in [6.45, 7) is 0.594. The lowest BCUT2D eigenvalue weighted by atomic mass is 10.2. The Hall–Kier alpha value is -2.63. The first-order chi connectivity index (χ1) is 9.19. The van der Waals surface area contributed by atoms with Crippen LogP contribution in [0.4, 0.5) is 11.5 Å². The molecule has 0 aliphatic rings. The van der Waals surface area contributed by atoms with Crippen molar-refractivity contribution >= 4 is 11.5 Å². The van der Waals surface area contributed by atoms with Crippen molar-refractivity contribution < 1.29 is 9.66 Å². The highest BCUT2D eigenvalue weighted by Gasteiger charge is 2.05. The third-order valence-electron chi connectivity index (χ3n) is 2.57. The van der Waals surface area contributed by atoms with Crippen LogP contribution in [0.2, 0.25) is 0 Å². The summed E-state index contributed by atoms with van der Waals surface area (Å²) in [7, 11) is 1.62. The molecule has 98 valence electrons. The van der Waals surface area contributed by atoms with E-state index in [0.29, 0.717) is 6.54 Å². The fourth-order valence-electron chi connectivity index (χ4n) is 1.59. The highest BCUT2D eigenvalue weighted by atomic mass is 16.6. The quantitative estimate of drug-likeness (QED) is 0.659. The minimum absolute atomic E-state index is 0.160. The van der Waals surface area contributed by atoms with Gasteiger partial charge >= 0.3 is 5.82 Å². The molecule has 0 aliphatic heterocycles. The van der Waals surface area contributed by atoms with Crippen molar-refractivity contribution in [2.24, 2.45) is 0 Å². The smallest absolute Gasteiger partial charge is 0.363 e.